The molecule has 1 aliphatic heterocycles. The number of fused-ring (bicyclic) bond motifs is 1. The van der Waals surface area contributed by atoms with Crippen molar-refractivity contribution in [1.29, 1.82) is 0 Å². The summed E-state index contributed by atoms with van der Waals surface area (Å²) in [5.41, 5.74) is -0.693. The van der Waals surface area contributed by atoms with Crippen molar-refractivity contribution in [3.8, 4) is 5.75 Å². The second-order valence-electron chi connectivity index (χ2n) is 5.43. The Morgan fingerprint density at radius 3 is 2.65 bits per heavy atom. The molecule has 0 saturated carbocycles. The number of hydrogen-bond acceptors (Lipinski definition) is 4. The Bertz CT molecular complexity index is 1000. The topological polar surface area (TPSA) is 89.4 Å². The van der Waals surface area contributed by atoms with Crippen LogP contribution in [-0.4, -0.2) is 31.5 Å². The van der Waals surface area contributed by atoms with Crippen LogP contribution in [0.4, 0.5) is 23.2 Å². The van der Waals surface area contributed by atoms with E-state index in [0.717, 1.165) is 22.9 Å². The van der Waals surface area contributed by atoms with E-state index < -0.39 is 56.6 Å². The summed E-state index contributed by atoms with van der Waals surface area (Å²) in [6, 6.07) is 2.49. The molecule has 0 unspecified atom stereocenters. The molecule has 1 amide bonds. The fourth-order valence-electron chi connectivity index (χ4n) is 2.34. The fraction of sp³-hybridized carbons (Fsp3) is 0.214. The van der Waals surface area contributed by atoms with Crippen molar-refractivity contribution in [2.45, 2.75) is 11.0 Å². The summed E-state index contributed by atoms with van der Waals surface area (Å²) < 4.78 is 84.7. The molecule has 0 radical (unpaired) electrons. The SMILES string of the molecule is Cn1cc2c(c1C(=O)Nc1ccc(F)c(F)c1)OC(F)(F)CNS2(=O)=O. The molecule has 3 rings (SSSR count). The first-order chi connectivity index (χ1) is 12.0. The molecule has 0 fully saturated rings. The molecule has 2 aromatic rings. The summed E-state index contributed by atoms with van der Waals surface area (Å²) >= 11 is 0. The lowest BCUT2D eigenvalue weighted by atomic mass is 10.2. The van der Waals surface area contributed by atoms with Crippen molar-refractivity contribution in [1.82, 2.24) is 9.29 Å². The minimum atomic E-state index is -4.34. The first-order valence-electron chi connectivity index (χ1n) is 7.02. The second kappa shape index (κ2) is 5.99. The number of benzene rings is 1. The van der Waals surface area contributed by atoms with Crippen LogP contribution in [0.1, 0.15) is 10.5 Å². The van der Waals surface area contributed by atoms with Crippen LogP contribution in [-0.2, 0) is 17.1 Å². The number of carbonyl (C=O) groups is 1. The Hall–Kier alpha value is -2.60. The summed E-state index contributed by atoms with van der Waals surface area (Å²) in [6.45, 7) is -1.31. The number of rotatable bonds is 2. The lowest BCUT2D eigenvalue weighted by Crippen LogP contribution is -2.37. The molecule has 7 nitrogen and oxygen atoms in total. The Labute approximate surface area is 144 Å². The number of aromatic nitrogens is 1. The van der Waals surface area contributed by atoms with Crippen LogP contribution in [0, 0.1) is 11.6 Å². The number of nitrogens with one attached hydrogen (secondary N) is 2. The first-order valence-corrected chi connectivity index (χ1v) is 8.51. The summed E-state index contributed by atoms with van der Waals surface area (Å²) in [7, 11) is -3.09. The van der Waals surface area contributed by atoms with Gasteiger partial charge in [0.1, 0.15) is 11.4 Å². The summed E-state index contributed by atoms with van der Waals surface area (Å²) in [6.07, 6.45) is -2.96. The van der Waals surface area contributed by atoms with Gasteiger partial charge in [-0.05, 0) is 12.1 Å². The van der Waals surface area contributed by atoms with Crippen LogP contribution in [0.2, 0.25) is 0 Å². The van der Waals surface area contributed by atoms with Crippen LogP contribution in [0.5, 0.6) is 5.75 Å². The van der Waals surface area contributed by atoms with Gasteiger partial charge in [-0.15, -0.1) is 0 Å². The largest absolute Gasteiger partial charge is 0.428 e. The Kier molecular flexibility index (Phi) is 4.19. The third-order valence-corrected chi connectivity index (χ3v) is 4.90. The van der Waals surface area contributed by atoms with Gasteiger partial charge in [-0.1, -0.05) is 0 Å². The fourth-order valence-corrected chi connectivity index (χ4v) is 3.53. The number of alkyl halides is 2. The van der Waals surface area contributed by atoms with Crippen LogP contribution in [0.15, 0.2) is 29.3 Å². The Morgan fingerprint density at radius 1 is 1.31 bits per heavy atom. The number of halogens is 4. The number of nitrogens with zero attached hydrogens (tertiary/aromatic N) is 1. The molecule has 0 saturated heterocycles. The van der Waals surface area contributed by atoms with Crippen molar-refractivity contribution >= 4 is 21.6 Å². The molecule has 0 spiro atoms. The summed E-state index contributed by atoms with van der Waals surface area (Å²) in [5.74, 6) is -4.27. The van der Waals surface area contributed by atoms with Gasteiger partial charge in [-0.25, -0.2) is 21.9 Å². The van der Waals surface area contributed by atoms with E-state index >= 15 is 0 Å². The molecule has 12 heteroatoms. The third kappa shape index (κ3) is 3.24. The van der Waals surface area contributed by atoms with Gasteiger partial charge >= 0.3 is 6.11 Å². The highest BCUT2D eigenvalue weighted by atomic mass is 32.2. The van der Waals surface area contributed by atoms with E-state index in [1.165, 1.54) is 7.05 Å². The van der Waals surface area contributed by atoms with Gasteiger partial charge in [-0.3, -0.25) is 4.79 Å². The van der Waals surface area contributed by atoms with Crippen LogP contribution < -0.4 is 14.8 Å². The van der Waals surface area contributed by atoms with Crippen LogP contribution in [0.25, 0.3) is 0 Å². The number of sulfonamides is 1. The van der Waals surface area contributed by atoms with Crippen LogP contribution >= 0.6 is 0 Å². The van der Waals surface area contributed by atoms with Crippen molar-refractivity contribution in [3.05, 3.63) is 41.7 Å². The van der Waals surface area contributed by atoms with Crippen LogP contribution in [0.3, 0.4) is 0 Å². The van der Waals surface area contributed by atoms with E-state index in [2.05, 4.69) is 10.1 Å². The lowest BCUT2D eigenvalue weighted by molar-refractivity contribution is -0.168. The van der Waals surface area contributed by atoms with E-state index in [1.54, 1.807) is 4.72 Å². The van der Waals surface area contributed by atoms with Gasteiger partial charge in [0, 0.05) is 25.0 Å². The van der Waals surface area contributed by atoms with E-state index in [9.17, 15) is 30.8 Å². The number of amides is 1. The second-order valence-corrected chi connectivity index (χ2v) is 7.16. The molecular formula is C14H11F4N3O4S. The minimum Gasteiger partial charge on any atom is -0.428 e. The number of ether oxygens (including phenoxy) is 1. The third-order valence-electron chi connectivity index (χ3n) is 3.50. The van der Waals surface area contributed by atoms with Gasteiger partial charge in [-0.2, -0.15) is 8.78 Å². The molecule has 0 bridgehead atoms. The number of aryl methyl sites for hydroxylation is 1. The standard InChI is InChI=1S/C14H11F4N3O4S/c1-21-5-10-12(25-14(17,18)6-19-26(10,23)24)11(21)13(22)20-7-2-3-8(15)9(16)4-7/h2-5,19H,6H2,1H3,(H,20,22). The van der Waals surface area contributed by atoms with E-state index in [0.29, 0.717) is 6.07 Å². The lowest BCUT2D eigenvalue weighted by Gasteiger charge is -2.16. The zero-order valence-electron chi connectivity index (χ0n) is 13.0. The molecule has 1 aliphatic rings. The highest BCUT2D eigenvalue weighted by Crippen LogP contribution is 2.36. The van der Waals surface area contributed by atoms with Gasteiger partial charge in [0.05, 0.1) is 0 Å². The number of hydrogen-bond donors (Lipinski definition) is 2. The molecule has 2 heterocycles. The molecule has 140 valence electrons. The average Bonchev–Trinajstić information content (AvgIpc) is 2.81. The zero-order valence-corrected chi connectivity index (χ0v) is 13.8. The van der Waals surface area contributed by atoms with E-state index in [1.807, 2.05) is 0 Å². The minimum absolute atomic E-state index is 0.162. The summed E-state index contributed by atoms with van der Waals surface area (Å²) in [4.78, 5) is 11.8. The quantitative estimate of drug-likeness (QED) is 0.762. The van der Waals surface area contributed by atoms with Gasteiger partial charge in [0.2, 0.25) is 10.0 Å². The van der Waals surface area contributed by atoms with Crippen molar-refractivity contribution < 1.29 is 35.5 Å². The maximum atomic E-state index is 13.7. The molecule has 0 atom stereocenters. The van der Waals surface area contributed by atoms with E-state index in [-0.39, 0.29) is 5.69 Å². The Balaban J connectivity index is 2.04. The molecule has 1 aromatic heterocycles. The normalized spacial score (nSPS) is 17.7. The smallest absolute Gasteiger partial charge is 0.411 e. The highest BCUT2D eigenvalue weighted by Gasteiger charge is 2.43. The van der Waals surface area contributed by atoms with E-state index in [4.69, 9.17) is 0 Å². The first kappa shape index (κ1) is 18.2. The predicted octanol–water partition coefficient (Wildman–Crippen LogP) is 1.82. The number of anilines is 1. The predicted molar refractivity (Wildman–Crippen MR) is 80.5 cm³/mol. The average molecular weight is 393 g/mol. The monoisotopic (exact) mass is 393 g/mol. The van der Waals surface area contributed by atoms with Crippen molar-refractivity contribution in [2.75, 3.05) is 11.9 Å². The Morgan fingerprint density at radius 2 is 2.00 bits per heavy atom. The number of carbonyl (C=O) groups excluding carboxylic acids is 1. The molecule has 26 heavy (non-hydrogen) atoms. The van der Waals surface area contributed by atoms with Gasteiger partial charge in [0.15, 0.2) is 23.1 Å². The van der Waals surface area contributed by atoms with Crippen molar-refractivity contribution in [2.24, 2.45) is 7.05 Å². The molecular weight excluding hydrogens is 382 g/mol. The highest BCUT2D eigenvalue weighted by molar-refractivity contribution is 7.89. The van der Waals surface area contributed by atoms with Crippen molar-refractivity contribution in [3.63, 3.8) is 0 Å². The van der Waals surface area contributed by atoms with Gasteiger partial charge in [0.25, 0.3) is 5.91 Å². The maximum Gasteiger partial charge on any atom is 0.411 e. The maximum absolute atomic E-state index is 13.7. The molecule has 2 N–H and O–H groups in total. The summed E-state index contributed by atoms with van der Waals surface area (Å²) in [5, 5.41) is 2.17. The molecule has 1 aromatic carbocycles. The molecule has 0 aliphatic carbocycles. The zero-order chi connectivity index (χ0) is 19.3. The van der Waals surface area contributed by atoms with Gasteiger partial charge < -0.3 is 14.6 Å².